The molecule has 0 spiro atoms. The van der Waals surface area contributed by atoms with E-state index in [0.717, 1.165) is 37.8 Å². The lowest BCUT2D eigenvalue weighted by Gasteiger charge is -2.14. The predicted molar refractivity (Wildman–Crippen MR) is 189 cm³/mol. The summed E-state index contributed by atoms with van der Waals surface area (Å²) in [6.07, 6.45) is 3.30. The zero-order chi connectivity index (χ0) is 34.9. The topological polar surface area (TPSA) is 166 Å². The van der Waals surface area contributed by atoms with Gasteiger partial charge in [-0.2, -0.15) is 0 Å². The molecule has 0 aliphatic carbocycles. The number of aromatic hydroxyl groups is 1. The molecule has 0 fully saturated rings. The molecule has 0 bridgehead atoms. The molecule has 262 valence electrons. The summed E-state index contributed by atoms with van der Waals surface area (Å²) in [7, 11) is -3.78. The van der Waals surface area contributed by atoms with Crippen molar-refractivity contribution in [3.05, 3.63) is 119 Å². The standard InChI is InChI=1S/C37H45N3O8S/c41-26-31-23-29(16-17-35(31)42)36(43)25-38-18-6-1-2-7-19-47-20-21-48-27-28-10-8-12-32(22-28)39-37(44)30-11-9-13-33(24-30)40-49(45,46)34-14-4-3-5-15-34/h3-5,8-17,22-24,36,38,40-43H,1-2,6-7,18-21,25-27H2,(H,39,44). The van der Waals surface area contributed by atoms with Crippen molar-refractivity contribution in [3.8, 4) is 5.75 Å². The van der Waals surface area contributed by atoms with E-state index in [1.807, 2.05) is 18.2 Å². The minimum Gasteiger partial charge on any atom is -0.508 e. The van der Waals surface area contributed by atoms with Gasteiger partial charge in [-0.15, -0.1) is 0 Å². The Labute approximate surface area is 288 Å². The van der Waals surface area contributed by atoms with E-state index < -0.39 is 16.1 Å². The van der Waals surface area contributed by atoms with Crippen LogP contribution in [0.1, 0.15) is 58.8 Å². The van der Waals surface area contributed by atoms with Crippen LogP contribution in [0, 0.1) is 0 Å². The highest BCUT2D eigenvalue weighted by molar-refractivity contribution is 7.92. The summed E-state index contributed by atoms with van der Waals surface area (Å²) < 4.78 is 39.3. The van der Waals surface area contributed by atoms with Crippen LogP contribution in [0.3, 0.4) is 0 Å². The highest BCUT2D eigenvalue weighted by Gasteiger charge is 2.15. The first kappa shape index (κ1) is 37.5. The molecule has 11 nitrogen and oxygen atoms in total. The second-order valence-electron chi connectivity index (χ2n) is 11.5. The fraction of sp³-hybridized carbons (Fsp3) is 0.324. The van der Waals surface area contributed by atoms with E-state index in [1.54, 1.807) is 54.6 Å². The fourth-order valence-electron chi connectivity index (χ4n) is 4.99. The van der Waals surface area contributed by atoms with Crippen molar-refractivity contribution >= 4 is 27.3 Å². The number of anilines is 2. The van der Waals surface area contributed by atoms with Gasteiger partial charge in [0.2, 0.25) is 0 Å². The minimum atomic E-state index is -3.78. The smallest absolute Gasteiger partial charge is 0.261 e. The summed E-state index contributed by atoms with van der Waals surface area (Å²) in [5.74, 6) is -0.350. The number of benzene rings is 4. The molecule has 0 aromatic heterocycles. The number of nitrogens with one attached hydrogen (secondary N) is 3. The lowest BCUT2D eigenvalue weighted by atomic mass is 10.1. The number of amides is 1. The third-order valence-electron chi connectivity index (χ3n) is 7.64. The average molecular weight is 692 g/mol. The number of aliphatic hydroxyl groups excluding tert-OH is 2. The van der Waals surface area contributed by atoms with Crippen molar-refractivity contribution in [3.63, 3.8) is 0 Å². The van der Waals surface area contributed by atoms with Gasteiger partial charge >= 0.3 is 0 Å². The van der Waals surface area contributed by atoms with E-state index in [2.05, 4.69) is 15.4 Å². The molecular formula is C37H45N3O8S. The molecule has 4 aromatic rings. The van der Waals surface area contributed by atoms with Crippen molar-refractivity contribution in [2.24, 2.45) is 0 Å². The summed E-state index contributed by atoms with van der Waals surface area (Å²) in [5, 5.41) is 35.3. The van der Waals surface area contributed by atoms with Gasteiger partial charge in [0.1, 0.15) is 5.75 Å². The SMILES string of the molecule is O=C(Nc1cccc(COCCOCCCCCCNCC(O)c2ccc(O)c(CO)c2)c1)c1cccc(NS(=O)(=O)c2ccccc2)c1. The van der Waals surface area contributed by atoms with E-state index >= 15 is 0 Å². The van der Waals surface area contributed by atoms with Crippen LogP contribution in [-0.4, -0.2) is 62.6 Å². The van der Waals surface area contributed by atoms with Gasteiger partial charge in [0, 0.05) is 35.7 Å². The Hall–Kier alpha value is -4.30. The molecule has 4 aromatic carbocycles. The van der Waals surface area contributed by atoms with Crippen LogP contribution in [0.2, 0.25) is 0 Å². The Morgan fingerprint density at radius 3 is 2.35 bits per heavy atom. The second-order valence-corrected chi connectivity index (χ2v) is 13.2. The summed E-state index contributed by atoms with van der Waals surface area (Å²) in [6.45, 7) is 2.84. The number of unbranched alkanes of at least 4 members (excludes halogenated alkanes) is 3. The van der Waals surface area contributed by atoms with Gasteiger partial charge in [0.15, 0.2) is 0 Å². The Morgan fingerprint density at radius 1 is 0.776 bits per heavy atom. The Kier molecular flexibility index (Phi) is 15.0. The van der Waals surface area contributed by atoms with Gasteiger partial charge in [-0.05, 0) is 85.1 Å². The molecular weight excluding hydrogens is 646 g/mol. The monoisotopic (exact) mass is 691 g/mol. The zero-order valence-corrected chi connectivity index (χ0v) is 28.2. The predicted octanol–water partition coefficient (Wildman–Crippen LogP) is 5.35. The van der Waals surface area contributed by atoms with E-state index in [1.165, 1.54) is 24.3 Å². The molecule has 0 aliphatic heterocycles. The van der Waals surface area contributed by atoms with Crippen LogP contribution in [0.4, 0.5) is 11.4 Å². The highest BCUT2D eigenvalue weighted by Crippen LogP contribution is 2.22. The number of ether oxygens (including phenoxy) is 2. The molecule has 0 saturated heterocycles. The third kappa shape index (κ3) is 12.6. The summed E-state index contributed by atoms with van der Waals surface area (Å²) >= 11 is 0. The van der Waals surface area contributed by atoms with Crippen LogP contribution < -0.4 is 15.4 Å². The number of hydrogen-bond acceptors (Lipinski definition) is 9. The molecule has 0 radical (unpaired) electrons. The molecule has 4 rings (SSSR count). The Morgan fingerprint density at radius 2 is 1.53 bits per heavy atom. The summed E-state index contributed by atoms with van der Waals surface area (Å²) in [5.41, 5.74) is 3.13. The van der Waals surface area contributed by atoms with Crippen LogP contribution >= 0.6 is 0 Å². The van der Waals surface area contributed by atoms with Crippen molar-refractivity contribution in [1.29, 1.82) is 0 Å². The maximum atomic E-state index is 12.9. The lowest BCUT2D eigenvalue weighted by Crippen LogP contribution is -2.22. The number of carbonyl (C=O) groups excluding carboxylic acids is 1. The van der Waals surface area contributed by atoms with Crippen molar-refractivity contribution < 1.29 is 38.0 Å². The number of rotatable bonds is 21. The molecule has 1 unspecified atom stereocenters. The highest BCUT2D eigenvalue weighted by atomic mass is 32.2. The van der Waals surface area contributed by atoms with Crippen LogP contribution in [0.25, 0.3) is 0 Å². The number of phenols is 1. The van der Waals surface area contributed by atoms with E-state index in [9.17, 15) is 28.5 Å². The molecule has 1 atom stereocenters. The van der Waals surface area contributed by atoms with E-state index in [0.29, 0.717) is 55.4 Å². The number of hydrogen-bond donors (Lipinski definition) is 6. The molecule has 0 heterocycles. The summed E-state index contributed by atoms with van der Waals surface area (Å²) in [4.78, 5) is 13.1. The summed E-state index contributed by atoms with van der Waals surface area (Å²) in [6, 6.07) is 26.4. The van der Waals surface area contributed by atoms with Gasteiger partial charge in [0.05, 0.1) is 37.4 Å². The van der Waals surface area contributed by atoms with Crippen molar-refractivity contribution in [2.75, 3.05) is 42.9 Å². The lowest BCUT2D eigenvalue weighted by molar-refractivity contribution is 0.0393. The Bertz CT molecular complexity index is 1720. The number of aliphatic hydroxyl groups is 2. The Balaban J connectivity index is 1.05. The quantitative estimate of drug-likeness (QED) is 0.0632. The van der Waals surface area contributed by atoms with Gasteiger partial charge in [-0.3, -0.25) is 9.52 Å². The fourth-order valence-corrected chi connectivity index (χ4v) is 6.06. The van der Waals surface area contributed by atoms with Crippen molar-refractivity contribution in [1.82, 2.24) is 5.32 Å². The minimum absolute atomic E-state index is 0.0195. The maximum Gasteiger partial charge on any atom is 0.261 e. The second kappa shape index (κ2) is 19.6. The van der Waals surface area contributed by atoms with Crippen molar-refractivity contribution in [2.45, 2.75) is 49.9 Å². The largest absolute Gasteiger partial charge is 0.508 e. The van der Waals surface area contributed by atoms with Gasteiger partial charge < -0.3 is 35.4 Å². The first-order valence-electron chi connectivity index (χ1n) is 16.3. The van der Waals surface area contributed by atoms with Gasteiger partial charge in [-0.25, -0.2) is 8.42 Å². The van der Waals surface area contributed by atoms with Gasteiger partial charge in [0.25, 0.3) is 15.9 Å². The maximum absolute atomic E-state index is 12.9. The van der Waals surface area contributed by atoms with E-state index in [4.69, 9.17) is 9.47 Å². The molecule has 1 amide bonds. The van der Waals surface area contributed by atoms with E-state index in [-0.39, 0.29) is 28.8 Å². The van der Waals surface area contributed by atoms with Gasteiger partial charge in [-0.1, -0.05) is 55.3 Å². The first-order valence-corrected chi connectivity index (χ1v) is 17.8. The molecule has 12 heteroatoms. The molecule has 49 heavy (non-hydrogen) atoms. The number of sulfonamides is 1. The molecule has 0 aliphatic rings. The molecule has 0 saturated carbocycles. The number of carbonyl (C=O) groups is 1. The first-order chi connectivity index (χ1) is 23.7. The van der Waals surface area contributed by atoms with Crippen LogP contribution in [0.15, 0.2) is 102 Å². The van der Waals surface area contributed by atoms with Crippen LogP contribution in [0.5, 0.6) is 5.75 Å². The average Bonchev–Trinajstić information content (AvgIpc) is 3.11. The normalized spacial score (nSPS) is 12.0. The van der Waals surface area contributed by atoms with Crippen LogP contribution in [-0.2, 0) is 32.7 Å². The zero-order valence-electron chi connectivity index (χ0n) is 27.4. The third-order valence-corrected chi connectivity index (χ3v) is 9.04. The molecule has 6 N–H and O–H groups in total.